The van der Waals surface area contributed by atoms with Gasteiger partial charge in [0, 0.05) is 33.4 Å². The van der Waals surface area contributed by atoms with E-state index >= 15 is 0 Å². The molecule has 4 rings (SSSR count). The number of benzene rings is 2. The van der Waals surface area contributed by atoms with Crippen LogP contribution in [0.5, 0.6) is 0 Å². The standard InChI is InChI=1S/C23H21N2O/c1-13-8-10-20(25(6)16(13)4)22-14(2)7-9-17-18-11-15(3)19(24-5)12-21(18)26-23(17)22/h7-12H,1-4,6H3/q+1/i1D3. The van der Waals surface area contributed by atoms with Crippen LogP contribution >= 0.6 is 0 Å². The molecule has 0 atom stereocenters. The first-order chi connectivity index (χ1) is 13.6. The van der Waals surface area contributed by atoms with Crippen LogP contribution in [0.15, 0.2) is 40.8 Å². The molecular formula is C23H21N2O+. The van der Waals surface area contributed by atoms with Gasteiger partial charge in [0.1, 0.15) is 18.2 Å². The van der Waals surface area contributed by atoms with Crippen LogP contribution in [0.2, 0.25) is 0 Å². The Morgan fingerprint density at radius 2 is 1.77 bits per heavy atom. The van der Waals surface area contributed by atoms with Gasteiger partial charge in [0.05, 0.1) is 12.1 Å². The number of fused-ring (bicyclic) bond motifs is 3. The second-order valence-electron chi connectivity index (χ2n) is 6.76. The van der Waals surface area contributed by atoms with E-state index in [1.165, 1.54) is 0 Å². The van der Waals surface area contributed by atoms with Crippen molar-refractivity contribution in [3.05, 3.63) is 70.2 Å². The van der Waals surface area contributed by atoms with Gasteiger partial charge in [0.25, 0.3) is 0 Å². The summed E-state index contributed by atoms with van der Waals surface area (Å²) in [6, 6.07) is 11.4. The Kier molecular flexibility index (Phi) is 2.88. The third-order valence-electron chi connectivity index (χ3n) is 5.21. The molecule has 4 aromatic rings. The van der Waals surface area contributed by atoms with Crippen molar-refractivity contribution >= 4 is 27.6 Å². The molecule has 26 heavy (non-hydrogen) atoms. The Labute approximate surface area is 157 Å². The van der Waals surface area contributed by atoms with Crippen LogP contribution in [0, 0.1) is 34.2 Å². The Morgan fingerprint density at radius 1 is 1.00 bits per heavy atom. The molecule has 0 aliphatic heterocycles. The second kappa shape index (κ2) is 5.71. The van der Waals surface area contributed by atoms with E-state index in [2.05, 4.69) is 10.9 Å². The van der Waals surface area contributed by atoms with Crippen LogP contribution in [-0.2, 0) is 7.05 Å². The molecule has 3 heteroatoms. The van der Waals surface area contributed by atoms with Crippen molar-refractivity contribution in [3.8, 4) is 11.3 Å². The van der Waals surface area contributed by atoms with E-state index < -0.39 is 6.85 Å². The minimum atomic E-state index is -2.16. The number of rotatable bonds is 1. The highest BCUT2D eigenvalue weighted by molar-refractivity contribution is 6.10. The lowest BCUT2D eigenvalue weighted by molar-refractivity contribution is -0.667. The SMILES string of the molecule is [2H]C([2H])([2H])c1ccc(-c2c(C)ccc3c2oc2cc([N+]#[C-])c(C)cc23)[n+](C)c1C. The molecule has 0 unspecified atom stereocenters. The van der Waals surface area contributed by atoms with Crippen molar-refractivity contribution < 1.29 is 13.1 Å². The fourth-order valence-corrected chi connectivity index (χ4v) is 3.53. The molecule has 0 spiro atoms. The molecule has 0 fully saturated rings. The van der Waals surface area contributed by atoms with E-state index in [0.717, 1.165) is 38.7 Å². The number of nitrogens with zero attached hydrogens (tertiary/aromatic N) is 2. The summed E-state index contributed by atoms with van der Waals surface area (Å²) in [6.07, 6.45) is 0. The number of hydrogen-bond donors (Lipinski definition) is 0. The first-order valence-corrected chi connectivity index (χ1v) is 8.48. The summed E-state index contributed by atoms with van der Waals surface area (Å²) in [5.74, 6) is 0. The maximum absolute atomic E-state index is 7.77. The predicted octanol–water partition coefficient (Wildman–Crippen LogP) is 5.86. The molecule has 0 saturated heterocycles. The highest BCUT2D eigenvalue weighted by Gasteiger charge is 2.22. The minimum Gasteiger partial charge on any atom is -0.456 e. The quantitative estimate of drug-likeness (QED) is 0.313. The summed E-state index contributed by atoms with van der Waals surface area (Å²) in [5, 5.41) is 1.96. The monoisotopic (exact) mass is 344 g/mol. The van der Waals surface area contributed by atoms with Gasteiger partial charge in [-0.05, 0) is 44.0 Å². The van der Waals surface area contributed by atoms with Crippen molar-refractivity contribution in [3.63, 3.8) is 0 Å². The lowest BCUT2D eigenvalue weighted by Crippen LogP contribution is -2.35. The lowest BCUT2D eigenvalue weighted by Gasteiger charge is -2.08. The average molecular weight is 344 g/mol. The van der Waals surface area contributed by atoms with E-state index in [0.29, 0.717) is 22.5 Å². The average Bonchev–Trinajstić information content (AvgIpc) is 3.00. The van der Waals surface area contributed by atoms with Crippen molar-refractivity contribution in [1.29, 1.82) is 0 Å². The van der Waals surface area contributed by atoms with E-state index in [4.69, 9.17) is 15.1 Å². The zero-order valence-corrected chi connectivity index (χ0v) is 15.3. The van der Waals surface area contributed by atoms with Gasteiger partial charge in [0.15, 0.2) is 11.4 Å². The highest BCUT2D eigenvalue weighted by atomic mass is 16.3. The highest BCUT2D eigenvalue weighted by Crippen LogP contribution is 2.39. The number of furan rings is 1. The van der Waals surface area contributed by atoms with Gasteiger partial charge in [-0.15, -0.1) is 0 Å². The van der Waals surface area contributed by atoms with Crippen LogP contribution in [0.1, 0.15) is 26.5 Å². The van der Waals surface area contributed by atoms with E-state index in [9.17, 15) is 0 Å². The largest absolute Gasteiger partial charge is 0.456 e. The smallest absolute Gasteiger partial charge is 0.216 e. The number of aromatic nitrogens is 1. The zero-order valence-electron chi connectivity index (χ0n) is 18.3. The molecule has 2 aromatic carbocycles. The summed E-state index contributed by atoms with van der Waals surface area (Å²) in [4.78, 5) is 3.58. The maximum atomic E-state index is 7.77. The van der Waals surface area contributed by atoms with E-state index in [1.54, 1.807) is 12.1 Å². The summed E-state index contributed by atoms with van der Waals surface area (Å²) in [7, 11) is 1.88. The number of pyridine rings is 1. The summed E-state index contributed by atoms with van der Waals surface area (Å²) >= 11 is 0. The summed E-state index contributed by atoms with van der Waals surface area (Å²) in [5.41, 5.74) is 6.83. The maximum Gasteiger partial charge on any atom is 0.216 e. The van der Waals surface area contributed by atoms with Crippen LogP contribution in [0.3, 0.4) is 0 Å². The molecule has 128 valence electrons. The van der Waals surface area contributed by atoms with Crippen LogP contribution in [-0.4, -0.2) is 0 Å². The third-order valence-corrected chi connectivity index (χ3v) is 5.21. The molecule has 3 nitrogen and oxygen atoms in total. The molecule has 0 radical (unpaired) electrons. The van der Waals surface area contributed by atoms with E-state index in [-0.39, 0.29) is 0 Å². The Bertz CT molecular complexity index is 1340. The zero-order chi connectivity index (χ0) is 21.1. The van der Waals surface area contributed by atoms with Crippen LogP contribution in [0.4, 0.5) is 5.69 Å². The topological polar surface area (TPSA) is 21.4 Å². The number of aryl methyl sites for hydroxylation is 3. The fourth-order valence-electron chi connectivity index (χ4n) is 3.53. The molecule has 2 heterocycles. The Hall–Kier alpha value is -3.12. The molecule has 0 aliphatic carbocycles. The molecule has 0 N–H and O–H groups in total. The van der Waals surface area contributed by atoms with Crippen molar-refractivity contribution in [2.45, 2.75) is 27.6 Å². The second-order valence-corrected chi connectivity index (χ2v) is 6.76. The summed E-state index contributed by atoms with van der Waals surface area (Å²) in [6.45, 7) is 11.0. The van der Waals surface area contributed by atoms with Gasteiger partial charge in [0.2, 0.25) is 5.69 Å². The van der Waals surface area contributed by atoms with Crippen molar-refractivity contribution in [2.75, 3.05) is 0 Å². The summed E-state index contributed by atoms with van der Waals surface area (Å²) < 4.78 is 31.5. The van der Waals surface area contributed by atoms with Gasteiger partial charge >= 0.3 is 0 Å². The van der Waals surface area contributed by atoms with Crippen molar-refractivity contribution in [2.24, 2.45) is 7.05 Å². The predicted molar refractivity (Wildman–Crippen MR) is 106 cm³/mol. The molecule has 0 bridgehead atoms. The molecule has 0 aliphatic rings. The molecule has 0 amide bonds. The van der Waals surface area contributed by atoms with Gasteiger partial charge in [-0.3, -0.25) is 0 Å². The Morgan fingerprint density at radius 3 is 2.50 bits per heavy atom. The van der Waals surface area contributed by atoms with Crippen LogP contribution in [0.25, 0.3) is 38.0 Å². The minimum absolute atomic E-state index is 0.343. The van der Waals surface area contributed by atoms with Gasteiger partial charge in [-0.25, -0.2) is 4.85 Å². The van der Waals surface area contributed by atoms with Crippen molar-refractivity contribution in [1.82, 2.24) is 0 Å². The van der Waals surface area contributed by atoms with Gasteiger partial charge in [-0.1, -0.05) is 18.2 Å². The van der Waals surface area contributed by atoms with Gasteiger partial charge in [-0.2, -0.15) is 4.57 Å². The molecular weight excluding hydrogens is 320 g/mol. The van der Waals surface area contributed by atoms with E-state index in [1.807, 2.05) is 50.6 Å². The fraction of sp³-hybridized carbons (Fsp3) is 0.217. The molecule has 0 saturated carbocycles. The molecule has 2 aromatic heterocycles. The van der Waals surface area contributed by atoms with Crippen LogP contribution < -0.4 is 4.57 Å². The first-order valence-electron chi connectivity index (χ1n) is 9.98. The first kappa shape index (κ1) is 13.1. The van der Waals surface area contributed by atoms with Gasteiger partial charge < -0.3 is 4.42 Å². The lowest BCUT2D eigenvalue weighted by atomic mass is 9.99. The number of hydrogen-bond acceptors (Lipinski definition) is 1. The normalized spacial score (nSPS) is 13.4. The Balaban J connectivity index is 2.07. The third kappa shape index (κ3) is 2.23.